The Labute approximate surface area is 190 Å². The molecule has 4 aromatic rings. The second-order valence-electron chi connectivity index (χ2n) is 6.10. The number of benzene rings is 3. The van der Waals surface area contributed by atoms with E-state index in [9.17, 15) is 4.79 Å². The minimum atomic E-state index is -0.335. The Balaban J connectivity index is 1.95. The summed E-state index contributed by atoms with van der Waals surface area (Å²) in [7, 11) is 0. The predicted molar refractivity (Wildman–Crippen MR) is 123 cm³/mol. The van der Waals surface area contributed by atoms with Gasteiger partial charge < -0.3 is 0 Å². The molecule has 144 valence electrons. The van der Waals surface area contributed by atoms with Crippen LogP contribution in [0.25, 0.3) is 16.9 Å². The van der Waals surface area contributed by atoms with E-state index in [2.05, 4.69) is 20.9 Å². The van der Waals surface area contributed by atoms with E-state index < -0.39 is 0 Å². The largest absolute Gasteiger partial charge is 0.283 e. The second kappa shape index (κ2) is 8.67. The van der Waals surface area contributed by atoms with E-state index in [1.807, 2.05) is 58.5 Å². The van der Waals surface area contributed by atoms with Crippen LogP contribution in [0.15, 0.2) is 87.6 Å². The number of hydrogen-bond donors (Lipinski definition) is 0. The van der Waals surface area contributed by atoms with Gasteiger partial charge in [-0.3, -0.25) is 9.36 Å². The monoisotopic (exact) mass is 502 g/mol. The van der Waals surface area contributed by atoms with Gasteiger partial charge in [0.1, 0.15) is 0 Å². The zero-order valence-electron chi connectivity index (χ0n) is 14.9. The molecule has 0 fully saturated rings. The van der Waals surface area contributed by atoms with Crippen molar-refractivity contribution in [1.29, 1.82) is 0 Å². The van der Waals surface area contributed by atoms with Gasteiger partial charge in [-0.15, -0.1) is 11.3 Å². The molecule has 0 bridgehead atoms. The summed E-state index contributed by atoms with van der Waals surface area (Å²) in [6.07, 6.45) is 0. The molecule has 1 heterocycles. The number of aromatic nitrogens is 1. The van der Waals surface area contributed by atoms with Crippen LogP contribution in [0.2, 0.25) is 10.0 Å². The maximum absolute atomic E-state index is 12.8. The molecule has 4 rings (SSSR count). The third kappa shape index (κ3) is 4.23. The van der Waals surface area contributed by atoms with E-state index >= 15 is 0 Å². The molecule has 29 heavy (non-hydrogen) atoms. The zero-order valence-corrected chi connectivity index (χ0v) is 18.8. The van der Waals surface area contributed by atoms with Gasteiger partial charge in [-0.1, -0.05) is 65.7 Å². The number of carbonyl (C=O) groups excluding carboxylic acids is 1. The quantitative estimate of drug-likeness (QED) is 0.296. The maximum Gasteiger partial charge on any atom is 0.280 e. The van der Waals surface area contributed by atoms with Crippen molar-refractivity contribution in [2.75, 3.05) is 0 Å². The highest BCUT2D eigenvalue weighted by Crippen LogP contribution is 2.29. The molecular formula is C22H13BrCl2N2OS. The van der Waals surface area contributed by atoms with Gasteiger partial charge in [0.25, 0.3) is 5.91 Å². The normalized spacial score (nSPS) is 11.6. The summed E-state index contributed by atoms with van der Waals surface area (Å²) in [5.41, 5.74) is 3.08. The SMILES string of the molecule is O=C(N=c1scc(-c2ccccc2)n1-c1ccc(Cl)cc1Cl)c1ccccc1Br. The van der Waals surface area contributed by atoms with Crippen molar-refractivity contribution in [3.8, 4) is 16.9 Å². The number of carbonyl (C=O) groups is 1. The maximum atomic E-state index is 12.8. The van der Waals surface area contributed by atoms with Crippen molar-refractivity contribution in [1.82, 2.24) is 4.57 Å². The van der Waals surface area contributed by atoms with Crippen molar-refractivity contribution < 1.29 is 4.79 Å². The molecule has 0 aliphatic heterocycles. The van der Waals surface area contributed by atoms with Gasteiger partial charge in [0.2, 0.25) is 0 Å². The summed E-state index contributed by atoms with van der Waals surface area (Å²) in [6.45, 7) is 0. The minimum Gasteiger partial charge on any atom is -0.283 e. The molecule has 0 spiro atoms. The summed E-state index contributed by atoms with van der Waals surface area (Å²) in [5.74, 6) is -0.335. The summed E-state index contributed by atoms with van der Waals surface area (Å²) < 4.78 is 2.58. The lowest BCUT2D eigenvalue weighted by Gasteiger charge is -2.11. The lowest BCUT2D eigenvalue weighted by molar-refractivity contribution is 0.0997. The molecule has 0 aliphatic rings. The zero-order chi connectivity index (χ0) is 20.4. The Morgan fingerprint density at radius 3 is 2.41 bits per heavy atom. The van der Waals surface area contributed by atoms with Gasteiger partial charge in [0.15, 0.2) is 4.80 Å². The van der Waals surface area contributed by atoms with Crippen molar-refractivity contribution in [2.45, 2.75) is 0 Å². The first-order chi connectivity index (χ1) is 14.0. The molecule has 0 N–H and O–H groups in total. The predicted octanol–water partition coefficient (Wildman–Crippen LogP) is 7.02. The molecule has 3 nitrogen and oxygen atoms in total. The summed E-state index contributed by atoms with van der Waals surface area (Å²) in [4.78, 5) is 17.8. The minimum absolute atomic E-state index is 0.335. The third-order valence-corrected chi connectivity index (χ3v) is 6.28. The van der Waals surface area contributed by atoms with Crippen LogP contribution in [0.1, 0.15) is 10.4 Å². The van der Waals surface area contributed by atoms with E-state index in [-0.39, 0.29) is 5.91 Å². The first-order valence-corrected chi connectivity index (χ1v) is 11.0. The van der Waals surface area contributed by atoms with Crippen LogP contribution in [-0.4, -0.2) is 10.5 Å². The Hall–Kier alpha value is -2.18. The number of hydrogen-bond acceptors (Lipinski definition) is 2. The van der Waals surface area contributed by atoms with Crippen LogP contribution < -0.4 is 4.80 Å². The summed E-state index contributed by atoms with van der Waals surface area (Å²) in [5, 5.41) is 2.98. The van der Waals surface area contributed by atoms with Crippen molar-refractivity contribution in [3.05, 3.63) is 103 Å². The fourth-order valence-electron chi connectivity index (χ4n) is 2.88. The fraction of sp³-hybridized carbons (Fsp3) is 0. The van der Waals surface area contributed by atoms with E-state index in [1.54, 1.807) is 24.3 Å². The van der Waals surface area contributed by atoms with Crippen molar-refractivity contribution in [2.24, 2.45) is 4.99 Å². The molecule has 0 atom stereocenters. The smallest absolute Gasteiger partial charge is 0.280 e. The van der Waals surface area contributed by atoms with Gasteiger partial charge in [-0.05, 0) is 51.8 Å². The van der Waals surface area contributed by atoms with Crippen LogP contribution in [-0.2, 0) is 0 Å². The van der Waals surface area contributed by atoms with Crippen LogP contribution in [0, 0.1) is 0 Å². The van der Waals surface area contributed by atoms with E-state index in [0.717, 1.165) is 11.3 Å². The van der Waals surface area contributed by atoms with Crippen LogP contribution >= 0.6 is 50.5 Å². The Morgan fingerprint density at radius 2 is 1.69 bits per heavy atom. The lowest BCUT2D eigenvalue weighted by atomic mass is 10.1. The average molecular weight is 504 g/mol. The van der Waals surface area contributed by atoms with Gasteiger partial charge in [0.05, 0.1) is 22.0 Å². The molecule has 7 heteroatoms. The van der Waals surface area contributed by atoms with Gasteiger partial charge >= 0.3 is 0 Å². The molecule has 1 amide bonds. The van der Waals surface area contributed by atoms with Crippen LogP contribution in [0.3, 0.4) is 0 Å². The Bertz CT molecular complexity index is 1270. The average Bonchev–Trinajstić information content (AvgIpc) is 3.12. The molecule has 1 aromatic heterocycles. The van der Waals surface area contributed by atoms with E-state index in [0.29, 0.717) is 30.6 Å². The molecule has 3 aromatic carbocycles. The first-order valence-electron chi connectivity index (χ1n) is 8.59. The Kier molecular flexibility index (Phi) is 6.01. The molecule has 0 saturated carbocycles. The van der Waals surface area contributed by atoms with E-state index in [4.69, 9.17) is 23.2 Å². The van der Waals surface area contributed by atoms with Gasteiger partial charge in [-0.25, -0.2) is 0 Å². The number of nitrogens with zero attached hydrogens (tertiary/aromatic N) is 2. The van der Waals surface area contributed by atoms with Gasteiger partial charge in [-0.2, -0.15) is 4.99 Å². The van der Waals surface area contributed by atoms with Crippen molar-refractivity contribution in [3.63, 3.8) is 0 Å². The highest BCUT2D eigenvalue weighted by Gasteiger charge is 2.15. The topological polar surface area (TPSA) is 34.4 Å². The molecule has 0 unspecified atom stereocenters. The molecule has 0 aliphatic carbocycles. The number of amides is 1. The summed E-state index contributed by atoms with van der Waals surface area (Å²) >= 11 is 17.4. The second-order valence-corrected chi connectivity index (χ2v) is 8.63. The van der Waals surface area contributed by atoms with Crippen LogP contribution in [0.5, 0.6) is 0 Å². The fourth-order valence-corrected chi connectivity index (χ4v) is 4.72. The Morgan fingerprint density at radius 1 is 0.966 bits per heavy atom. The van der Waals surface area contributed by atoms with E-state index in [1.165, 1.54) is 11.3 Å². The number of rotatable bonds is 3. The highest BCUT2D eigenvalue weighted by molar-refractivity contribution is 9.10. The standard InChI is InChI=1S/C22H13BrCl2N2OS/c23-17-9-5-4-8-16(17)21(28)26-22-27(19-11-10-15(24)12-18(19)25)20(13-29-22)14-6-2-1-3-7-14/h1-13H. The number of halogens is 3. The summed E-state index contributed by atoms with van der Waals surface area (Å²) in [6, 6.07) is 22.4. The van der Waals surface area contributed by atoms with Crippen molar-refractivity contribution >= 4 is 56.4 Å². The lowest BCUT2D eigenvalue weighted by Crippen LogP contribution is -2.17. The van der Waals surface area contributed by atoms with Crippen LogP contribution in [0.4, 0.5) is 0 Å². The highest BCUT2D eigenvalue weighted by atomic mass is 79.9. The van der Waals surface area contributed by atoms with Gasteiger partial charge in [0, 0.05) is 14.9 Å². The molecule has 0 saturated heterocycles. The molecular weight excluding hydrogens is 491 g/mol. The third-order valence-electron chi connectivity index (χ3n) is 4.23. The number of thiazole rings is 1. The first kappa shape index (κ1) is 20.1. The molecule has 0 radical (unpaired) electrons.